The van der Waals surface area contributed by atoms with Gasteiger partial charge in [-0.15, -0.1) is 0 Å². The van der Waals surface area contributed by atoms with E-state index in [4.69, 9.17) is 18.9 Å². The molecule has 1 amide bonds. The third-order valence-electron chi connectivity index (χ3n) is 3.09. The minimum atomic E-state index is -1.56. The molecule has 1 aliphatic rings. The van der Waals surface area contributed by atoms with Crippen LogP contribution in [0.2, 0.25) is 0 Å². The van der Waals surface area contributed by atoms with Gasteiger partial charge in [-0.2, -0.15) is 0 Å². The molecule has 136 valence electrons. The lowest BCUT2D eigenvalue weighted by molar-refractivity contribution is -0.264. The van der Waals surface area contributed by atoms with Crippen molar-refractivity contribution in [2.45, 2.75) is 58.3 Å². The van der Waals surface area contributed by atoms with Crippen molar-refractivity contribution in [3.63, 3.8) is 0 Å². The maximum atomic E-state index is 11.4. The molecule has 24 heavy (non-hydrogen) atoms. The highest BCUT2D eigenvalue weighted by Gasteiger charge is 2.50. The van der Waals surface area contributed by atoms with Crippen molar-refractivity contribution in [2.75, 3.05) is 6.61 Å². The first kappa shape index (κ1) is 19.8. The van der Waals surface area contributed by atoms with Crippen LogP contribution >= 0.6 is 0 Å². The molecule has 10 nitrogen and oxygen atoms in total. The topological polar surface area (TPSA) is 137 Å². The molecule has 0 radical (unpaired) electrons. The van der Waals surface area contributed by atoms with E-state index in [0.29, 0.717) is 0 Å². The summed E-state index contributed by atoms with van der Waals surface area (Å²) < 4.78 is 20.3. The summed E-state index contributed by atoms with van der Waals surface area (Å²) in [6.07, 6.45) is -5.06. The van der Waals surface area contributed by atoms with Crippen molar-refractivity contribution >= 4 is 23.8 Å². The van der Waals surface area contributed by atoms with Crippen molar-refractivity contribution in [1.82, 2.24) is 5.32 Å². The second-order valence-electron chi connectivity index (χ2n) is 5.24. The average Bonchev–Trinajstić information content (AvgIpc) is 2.42. The summed E-state index contributed by atoms with van der Waals surface area (Å²) in [5, 5.41) is 12.5. The van der Waals surface area contributed by atoms with E-state index in [-0.39, 0.29) is 6.61 Å². The van der Waals surface area contributed by atoms with Gasteiger partial charge in [-0.3, -0.25) is 19.2 Å². The number of aliphatic hydroxyl groups is 1. The molecule has 0 aromatic heterocycles. The molecular formula is C14H21NO9. The zero-order valence-corrected chi connectivity index (χ0v) is 13.8. The van der Waals surface area contributed by atoms with Gasteiger partial charge in [-0.25, -0.2) is 0 Å². The Labute approximate surface area is 138 Å². The number of amides is 1. The molecule has 0 aliphatic carbocycles. The molecule has 1 saturated heterocycles. The van der Waals surface area contributed by atoms with Crippen molar-refractivity contribution in [3.8, 4) is 0 Å². The highest BCUT2D eigenvalue weighted by atomic mass is 16.7. The van der Waals surface area contributed by atoms with Gasteiger partial charge < -0.3 is 29.4 Å². The number of hydrogen-bond donors (Lipinski definition) is 2. The molecule has 0 spiro atoms. The van der Waals surface area contributed by atoms with Crippen LogP contribution in [0.4, 0.5) is 0 Å². The van der Waals surface area contributed by atoms with Gasteiger partial charge in [0.1, 0.15) is 18.8 Å². The van der Waals surface area contributed by atoms with Crippen LogP contribution in [0, 0.1) is 0 Å². The van der Waals surface area contributed by atoms with Crippen LogP contribution in [0.1, 0.15) is 27.7 Å². The molecular weight excluding hydrogens is 326 g/mol. The summed E-state index contributed by atoms with van der Waals surface area (Å²) in [6.45, 7) is 4.28. The number of rotatable bonds is 5. The molecule has 1 rings (SSSR count). The van der Waals surface area contributed by atoms with Gasteiger partial charge in [0.2, 0.25) is 5.91 Å². The summed E-state index contributed by atoms with van der Waals surface area (Å²) >= 11 is 0. The van der Waals surface area contributed by atoms with Crippen LogP contribution in [0.5, 0.6) is 0 Å². The molecule has 0 bridgehead atoms. The molecule has 0 saturated carbocycles. The Morgan fingerprint density at radius 3 is 1.96 bits per heavy atom. The number of nitrogens with one attached hydrogen (secondary N) is 1. The molecule has 0 aromatic carbocycles. The number of carbonyl (C=O) groups excluding carboxylic acids is 4. The number of carbonyl (C=O) groups is 4. The van der Waals surface area contributed by atoms with E-state index in [1.165, 1.54) is 13.8 Å². The van der Waals surface area contributed by atoms with Gasteiger partial charge in [0.15, 0.2) is 18.5 Å². The minimum absolute atomic E-state index is 0.338. The maximum Gasteiger partial charge on any atom is 0.303 e. The highest BCUT2D eigenvalue weighted by molar-refractivity contribution is 5.73. The zero-order chi connectivity index (χ0) is 18.4. The summed E-state index contributed by atoms with van der Waals surface area (Å²) in [5.41, 5.74) is 0. The molecule has 2 N–H and O–H groups in total. The Morgan fingerprint density at radius 1 is 0.958 bits per heavy atom. The van der Waals surface area contributed by atoms with Gasteiger partial charge in [-0.05, 0) is 0 Å². The Hall–Kier alpha value is -2.20. The standard InChI is InChI=1S/C14H21NO9/c1-6(16)15-11-13(23-9(4)19)12(22-8(3)18)10(24-14(11)20)5-21-7(2)17/h10-14,20H,5H2,1-4H3,(H,15,16)/t10-,11-,12-,13-,14+/m1/s1. The first-order chi connectivity index (χ1) is 11.1. The fraction of sp³-hybridized carbons (Fsp3) is 0.714. The van der Waals surface area contributed by atoms with Crippen molar-refractivity contribution in [2.24, 2.45) is 0 Å². The maximum absolute atomic E-state index is 11.4. The first-order valence-corrected chi connectivity index (χ1v) is 7.20. The van der Waals surface area contributed by atoms with E-state index in [1.54, 1.807) is 0 Å². The van der Waals surface area contributed by atoms with Crippen molar-refractivity contribution in [1.29, 1.82) is 0 Å². The summed E-state index contributed by atoms with van der Waals surface area (Å²) in [4.78, 5) is 45.0. The fourth-order valence-electron chi connectivity index (χ4n) is 2.31. The van der Waals surface area contributed by atoms with Gasteiger partial charge in [-0.1, -0.05) is 0 Å². The lowest BCUT2D eigenvalue weighted by Crippen LogP contribution is -2.66. The van der Waals surface area contributed by atoms with E-state index in [9.17, 15) is 24.3 Å². The molecule has 10 heteroatoms. The van der Waals surface area contributed by atoms with E-state index in [0.717, 1.165) is 13.8 Å². The lowest BCUT2D eigenvalue weighted by Gasteiger charge is -2.43. The van der Waals surface area contributed by atoms with Crippen LogP contribution < -0.4 is 5.32 Å². The van der Waals surface area contributed by atoms with Gasteiger partial charge in [0, 0.05) is 27.7 Å². The van der Waals surface area contributed by atoms with Gasteiger partial charge >= 0.3 is 17.9 Å². The Kier molecular flexibility index (Phi) is 7.11. The third kappa shape index (κ3) is 5.78. The largest absolute Gasteiger partial charge is 0.463 e. The molecule has 1 fully saturated rings. The molecule has 0 aromatic rings. The van der Waals surface area contributed by atoms with Crippen LogP contribution in [0.15, 0.2) is 0 Å². The normalized spacial score (nSPS) is 29.3. The van der Waals surface area contributed by atoms with Crippen LogP contribution in [-0.4, -0.2) is 66.2 Å². The first-order valence-electron chi connectivity index (χ1n) is 7.20. The van der Waals surface area contributed by atoms with E-state index in [1.807, 2.05) is 0 Å². The van der Waals surface area contributed by atoms with Crippen LogP contribution in [-0.2, 0) is 38.1 Å². The molecule has 0 unspecified atom stereocenters. The molecule has 5 atom stereocenters. The number of esters is 3. The monoisotopic (exact) mass is 347 g/mol. The predicted molar refractivity (Wildman–Crippen MR) is 76.2 cm³/mol. The Bertz CT molecular complexity index is 506. The average molecular weight is 347 g/mol. The number of ether oxygens (including phenoxy) is 4. The third-order valence-corrected chi connectivity index (χ3v) is 3.09. The van der Waals surface area contributed by atoms with Gasteiger partial charge in [0.05, 0.1) is 0 Å². The summed E-state index contributed by atoms with van der Waals surface area (Å²) in [6, 6.07) is -1.16. The summed E-state index contributed by atoms with van der Waals surface area (Å²) in [7, 11) is 0. The van der Waals surface area contributed by atoms with Crippen LogP contribution in [0.25, 0.3) is 0 Å². The second-order valence-corrected chi connectivity index (χ2v) is 5.24. The highest BCUT2D eigenvalue weighted by Crippen LogP contribution is 2.26. The van der Waals surface area contributed by atoms with E-state index >= 15 is 0 Å². The summed E-state index contributed by atoms with van der Waals surface area (Å²) in [5.74, 6) is -2.54. The number of aliphatic hydroxyl groups excluding tert-OH is 1. The minimum Gasteiger partial charge on any atom is -0.463 e. The lowest BCUT2D eigenvalue weighted by atomic mass is 9.96. The van der Waals surface area contributed by atoms with Crippen molar-refractivity contribution < 1.29 is 43.2 Å². The van der Waals surface area contributed by atoms with Crippen molar-refractivity contribution in [3.05, 3.63) is 0 Å². The van der Waals surface area contributed by atoms with Crippen LogP contribution in [0.3, 0.4) is 0 Å². The quantitative estimate of drug-likeness (QED) is 0.456. The zero-order valence-electron chi connectivity index (χ0n) is 13.8. The molecule has 1 aliphatic heterocycles. The SMILES string of the molecule is CC(=O)N[C@@H]1[C@@H](OC(C)=O)[C@H](OC(C)=O)[C@@H](COC(C)=O)O[C@@H]1O. The molecule has 1 heterocycles. The van der Waals surface area contributed by atoms with E-state index in [2.05, 4.69) is 5.32 Å². The van der Waals surface area contributed by atoms with E-state index < -0.39 is 54.5 Å². The Morgan fingerprint density at radius 2 is 1.50 bits per heavy atom. The Balaban J connectivity index is 3.11. The second kappa shape index (κ2) is 8.60. The van der Waals surface area contributed by atoms with Gasteiger partial charge in [0.25, 0.3) is 0 Å². The smallest absolute Gasteiger partial charge is 0.303 e. The number of hydrogen-bond acceptors (Lipinski definition) is 9. The fourth-order valence-corrected chi connectivity index (χ4v) is 2.31. The predicted octanol–water partition coefficient (Wildman–Crippen LogP) is -1.37.